The standard InChI is InChI=1S/C20H24N2O2/c1-19(2,3)24-16-11-7-9-14-13(8-6-10-15(14)16)12-17-20(4,5)18(23)22-21-17/h6-12,21H,1-5H3,(H,22,23)/b17-12-. The number of benzene rings is 2. The van der Waals surface area contributed by atoms with Crippen LogP contribution in [0.15, 0.2) is 42.1 Å². The van der Waals surface area contributed by atoms with E-state index in [-0.39, 0.29) is 11.5 Å². The molecule has 4 nitrogen and oxygen atoms in total. The van der Waals surface area contributed by atoms with Crippen LogP contribution in [0.2, 0.25) is 0 Å². The second-order valence-electron chi connectivity index (χ2n) is 7.68. The van der Waals surface area contributed by atoms with E-state index >= 15 is 0 Å². The molecule has 0 aromatic heterocycles. The lowest BCUT2D eigenvalue weighted by Crippen LogP contribution is -2.28. The molecule has 2 N–H and O–H groups in total. The maximum absolute atomic E-state index is 11.9. The largest absolute Gasteiger partial charge is 0.488 e. The van der Waals surface area contributed by atoms with E-state index in [1.54, 1.807) is 0 Å². The summed E-state index contributed by atoms with van der Waals surface area (Å²) in [6.07, 6.45) is 2.03. The van der Waals surface area contributed by atoms with Gasteiger partial charge in [-0.05, 0) is 57.7 Å². The molecule has 0 unspecified atom stereocenters. The Bertz CT molecular complexity index is 829. The summed E-state index contributed by atoms with van der Waals surface area (Å²) in [6.45, 7) is 9.95. The van der Waals surface area contributed by atoms with E-state index in [1.807, 2.05) is 58.9 Å². The zero-order chi connectivity index (χ0) is 17.5. The number of carbonyl (C=O) groups excluding carboxylic acids is 1. The number of hydrogen-bond acceptors (Lipinski definition) is 3. The van der Waals surface area contributed by atoms with Crippen LogP contribution < -0.4 is 15.6 Å². The van der Waals surface area contributed by atoms with E-state index in [1.165, 1.54) is 0 Å². The summed E-state index contributed by atoms with van der Waals surface area (Å²) in [6, 6.07) is 12.2. The van der Waals surface area contributed by atoms with Gasteiger partial charge < -0.3 is 10.2 Å². The number of nitrogens with one attached hydrogen (secondary N) is 2. The van der Waals surface area contributed by atoms with Crippen LogP contribution in [0.4, 0.5) is 0 Å². The van der Waals surface area contributed by atoms with Gasteiger partial charge in [-0.1, -0.05) is 30.3 Å². The molecule has 1 heterocycles. The third-order valence-corrected chi connectivity index (χ3v) is 4.18. The van der Waals surface area contributed by atoms with Crippen molar-refractivity contribution >= 4 is 22.8 Å². The summed E-state index contributed by atoms with van der Waals surface area (Å²) in [7, 11) is 0. The molecular formula is C20H24N2O2. The van der Waals surface area contributed by atoms with Crippen molar-refractivity contribution in [2.24, 2.45) is 5.41 Å². The molecule has 1 aliphatic rings. The van der Waals surface area contributed by atoms with Crippen molar-refractivity contribution in [3.63, 3.8) is 0 Å². The molecule has 1 fully saturated rings. The Hall–Kier alpha value is -2.49. The Morgan fingerprint density at radius 2 is 1.67 bits per heavy atom. The number of rotatable bonds is 2. The van der Waals surface area contributed by atoms with Gasteiger partial charge in [0.15, 0.2) is 0 Å². The number of hydrogen-bond donors (Lipinski definition) is 2. The predicted molar refractivity (Wildman–Crippen MR) is 97.4 cm³/mol. The van der Waals surface area contributed by atoms with E-state index in [9.17, 15) is 4.79 Å². The van der Waals surface area contributed by atoms with Crippen LogP contribution in [0.3, 0.4) is 0 Å². The molecule has 0 atom stereocenters. The lowest BCUT2D eigenvalue weighted by molar-refractivity contribution is -0.125. The minimum absolute atomic E-state index is 0.0225. The van der Waals surface area contributed by atoms with E-state index < -0.39 is 5.41 Å². The summed E-state index contributed by atoms with van der Waals surface area (Å²) in [5, 5.41) is 2.17. The van der Waals surface area contributed by atoms with E-state index in [2.05, 4.69) is 29.1 Å². The van der Waals surface area contributed by atoms with Gasteiger partial charge in [-0.25, -0.2) is 0 Å². The Morgan fingerprint density at radius 1 is 1.00 bits per heavy atom. The maximum atomic E-state index is 11.9. The molecule has 0 aliphatic carbocycles. The fourth-order valence-electron chi connectivity index (χ4n) is 2.78. The highest BCUT2D eigenvalue weighted by molar-refractivity contribution is 5.96. The molecule has 1 saturated heterocycles. The van der Waals surface area contributed by atoms with Crippen LogP contribution in [-0.4, -0.2) is 11.5 Å². The molecule has 3 rings (SSSR count). The van der Waals surface area contributed by atoms with Crippen molar-refractivity contribution < 1.29 is 9.53 Å². The number of ether oxygens (including phenoxy) is 1. The third kappa shape index (κ3) is 2.96. The summed E-state index contributed by atoms with van der Waals surface area (Å²) in [5.74, 6) is 0.846. The maximum Gasteiger partial charge on any atom is 0.249 e. The van der Waals surface area contributed by atoms with Crippen molar-refractivity contribution in [3.8, 4) is 5.75 Å². The van der Waals surface area contributed by atoms with Crippen LogP contribution >= 0.6 is 0 Å². The molecular weight excluding hydrogens is 300 g/mol. The first-order chi connectivity index (χ1) is 11.2. The average Bonchev–Trinajstić information content (AvgIpc) is 2.73. The van der Waals surface area contributed by atoms with Crippen LogP contribution in [-0.2, 0) is 4.79 Å². The van der Waals surface area contributed by atoms with Gasteiger partial charge in [0.25, 0.3) is 0 Å². The van der Waals surface area contributed by atoms with Gasteiger partial charge >= 0.3 is 0 Å². The van der Waals surface area contributed by atoms with Crippen LogP contribution in [0.25, 0.3) is 16.8 Å². The lowest BCUT2D eigenvalue weighted by atomic mass is 9.88. The van der Waals surface area contributed by atoms with Crippen LogP contribution in [0, 0.1) is 5.41 Å². The van der Waals surface area contributed by atoms with Gasteiger partial charge in [-0.2, -0.15) is 0 Å². The molecule has 1 aliphatic heterocycles. The van der Waals surface area contributed by atoms with Crippen molar-refractivity contribution in [1.82, 2.24) is 10.9 Å². The topological polar surface area (TPSA) is 50.4 Å². The molecule has 2 aromatic rings. The smallest absolute Gasteiger partial charge is 0.249 e. The van der Waals surface area contributed by atoms with Crippen molar-refractivity contribution in [2.45, 2.75) is 40.2 Å². The zero-order valence-electron chi connectivity index (χ0n) is 14.9. The lowest BCUT2D eigenvalue weighted by Gasteiger charge is -2.22. The van der Waals surface area contributed by atoms with Gasteiger partial charge in [-0.15, -0.1) is 0 Å². The second kappa shape index (κ2) is 5.55. The molecule has 0 bridgehead atoms. The Kier molecular flexibility index (Phi) is 3.78. The van der Waals surface area contributed by atoms with E-state index in [4.69, 9.17) is 4.74 Å². The SMILES string of the molecule is CC(C)(C)Oc1cccc2c(/C=C3\NNC(=O)C3(C)C)cccc12. The second-order valence-corrected chi connectivity index (χ2v) is 7.68. The van der Waals surface area contributed by atoms with Gasteiger partial charge in [0.1, 0.15) is 11.4 Å². The number of carbonyl (C=O) groups is 1. The van der Waals surface area contributed by atoms with Crippen molar-refractivity contribution in [1.29, 1.82) is 0 Å². The Morgan fingerprint density at radius 3 is 2.29 bits per heavy atom. The average molecular weight is 324 g/mol. The molecule has 4 heteroatoms. The van der Waals surface area contributed by atoms with Crippen LogP contribution in [0.5, 0.6) is 5.75 Å². The minimum atomic E-state index is -0.568. The van der Waals surface area contributed by atoms with E-state index in [0.29, 0.717) is 0 Å². The number of fused-ring (bicyclic) bond motifs is 1. The highest BCUT2D eigenvalue weighted by Crippen LogP contribution is 2.34. The molecule has 1 amide bonds. The van der Waals surface area contributed by atoms with Gasteiger partial charge in [0.2, 0.25) is 5.91 Å². The molecule has 0 saturated carbocycles. The zero-order valence-corrected chi connectivity index (χ0v) is 14.9. The molecule has 2 aromatic carbocycles. The summed E-state index contributed by atoms with van der Waals surface area (Å²) in [5.41, 5.74) is 6.78. The van der Waals surface area contributed by atoms with Gasteiger partial charge in [0.05, 0.1) is 5.41 Å². The van der Waals surface area contributed by atoms with Gasteiger partial charge in [-0.3, -0.25) is 10.2 Å². The van der Waals surface area contributed by atoms with Crippen LogP contribution in [0.1, 0.15) is 40.2 Å². The molecule has 0 spiro atoms. The summed E-state index contributed by atoms with van der Waals surface area (Å²) in [4.78, 5) is 11.9. The van der Waals surface area contributed by atoms with Crippen molar-refractivity contribution in [2.75, 3.05) is 0 Å². The molecule has 0 radical (unpaired) electrons. The number of hydrazine groups is 1. The molecule has 126 valence electrons. The van der Waals surface area contributed by atoms with Crippen molar-refractivity contribution in [3.05, 3.63) is 47.7 Å². The highest BCUT2D eigenvalue weighted by Gasteiger charge is 2.37. The normalized spacial score (nSPS) is 18.5. The first-order valence-corrected chi connectivity index (χ1v) is 8.18. The Labute approximate surface area is 142 Å². The summed E-state index contributed by atoms with van der Waals surface area (Å²) >= 11 is 0. The summed E-state index contributed by atoms with van der Waals surface area (Å²) < 4.78 is 6.10. The first kappa shape index (κ1) is 16.4. The predicted octanol–water partition coefficient (Wildman–Crippen LogP) is 4.02. The third-order valence-electron chi connectivity index (χ3n) is 4.18. The Balaban J connectivity index is 2.11. The van der Waals surface area contributed by atoms with Gasteiger partial charge in [0, 0.05) is 11.1 Å². The fraction of sp³-hybridized carbons (Fsp3) is 0.350. The first-order valence-electron chi connectivity index (χ1n) is 8.18. The monoisotopic (exact) mass is 324 g/mol. The minimum Gasteiger partial charge on any atom is -0.488 e. The molecule has 24 heavy (non-hydrogen) atoms. The highest BCUT2D eigenvalue weighted by atomic mass is 16.5. The number of amides is 1. The fourth-order valence-corrected chi connectivity index (χ4v) is 2.78. The quantitative estimate of drug-likeness (QED) is 0.877. The van der Waals surface area contributed by atoms with E-state index in [0.717, 1.165) is 27.8 Å².